The Morgan fingerprint density at radius 1 is 1.00 bits per heavy atom. The van der Waals surface area contributed by atoms with Gasteiger partial charge in [-0.15, -0.1) is 0 Å². The monoisotopic (exact) mass is 250 g/mol. The van der Waals surface area contributed by atoms with Crippen molar-refractivity contribution in [1.29, 1.82) is 0 Å². The number of benzene rings is 2. The molecule has 0 bridgehead atoms. The summed E-state index contributed by atoms with van der Waals surface area (Å²) < 4.78 is 5.71. The van der Waals surface area contributed by atoms with Crippen LogP contribution in [0, 0.1) is 0 Å². The predicted octanol–water partition coefficient (Wildman–Crippen LogP) is 4.27. The maximum absolute atomic E-state index is 5.71. The molecule has 19 heavy (non-hydrogen) atoms. The predicted molar refractivity (Wildman–Crippen MR) is 79.4 cm³/mol. The Balaban J connectivity index is 1.87. The molecule has 96 valence electrons. The average Bonchev–Trinajstić information content (AvgIpc) is 2.85. The third-order valence-electron chi connectivity index (χ3n) is 3.59. The Morgan fingerprint density at radius 3 is 2.68 bits per heavy atom. The maximum Gasteiger partial charge on any atom is 0.122 e. The molecule has 0 radical (unpaired) electrons. The van der Waals surface area contributed by atoms with Gasteiger partial charge in [-0.25, -0.2) is 0 Å². The standard InChI is InChI=1S/C18H18O/c1-2-19-18-10-6-4-8-16(18)13-15-12-11-14-7-3-5-9-17(14)15/h3-10,12H,2,11,13H2,1H3. The van der Waals surface area contributed by atoms with Gasteiger partial charge in [-0.2, -0.15) is 0 Å². The Labute approximate surface area is 114 Å². The molecular formula is C18H18O. The number of hydrogen-bond donors (Lipinski definition) is 0. The molecule has 0 fully saturated rings. The molecule has 2 aromatic rings. The van der Waals surface area contributed by atoms with Gasteiger partial charge in [-0.05, 0) is 41.7 Å². The molecule has 1 aliphatic rings. The molecule has 3 rings (SSSR count). The largest absolute Gasteiger partial charge is 0.494 e. The van der Waals surface area contributed by atoms with E-state index in [1.165, 1.54) is 22.3 Å². The van der Waals surface area contributed by atoms with Crippen molar-refractivity contribution in [2.24, 2.45) is 0 Å². The van der Waals surface area contributed by atoms with Crippen LogP contribution in [-0.2, 0) is 12.8 Å². The first-order valence-electron chi connectivity index (χ1n) is 6.86. The van der Waals surface area contributed by atoms with Crippen LogP contribution in [0.1, 0.15) is 23.6 Å². The van der Waals surface area contributed by atoms with E-state index in [4.69, 9.17) is 4.74 Å². The third-order valence-corrected chi connectivity index (χ3v) is 3.59. The zero-order valence-electron chi connectivity index (χ0n) is 11.2. The van der Waals surface area contributed by atoms with Crippen molar-refractivity contribution in [1.82, 2.24) is 0 Å². The van der Waals surface area contributed by atoms with Crippen molar-refractivity contribution in [3.63, 3.8) is 0 Å². The second kappa shape index (κ2) is 5.31. The number of ether oxygens (including phenoxy) is 1. The lowest BCUT2D eigenvalue weighted by Gasteiger charge is -2.11. The summed E-state index contributed by atoms with van der Waals surface area (Å²) in [4.78, 5) is 0. The average molecular weight is 250 g/mol. The molecule has 0 heterocycles. The van der Waals surface area contributed by atoms with E-state index < -0.39 is 0 Å². The molecule has 1 aliphatic carbocycles. The molecular weight excluding hydrogens is 232 g/mol. The van der Waals surface area contributed by atoms with E-state index in [2.05, 4.69) is 48.5 Å². The van der Waals surface area contributed by atoms with E-state index in [0.29, 0.717) is 6.61 Å². The van der Waals surface area contributed by atoms with Gasteiger partial charge in [0.1, 0.15) is 5.75 Å². The normalized spacial score (nSPS) is 13.0. The highest BCUT2D eigenvalue weighted by Crippen LogP contribution is 2.32. The van der Waals surface area contributed by atoms with E-state index in [-0.39, 0.29) is 0 Å². The minimum atomic E-state index is 0.715. The minimum absolute atomic E-state index is 0.715. The molecule has 0 N–H and O–H groups in total. The van der Waals surface area contributed by atoms with E-state index in [1.807, 2.05) is 13.0 Å². The molecule has 0 saturated heterocycles. The van der Waals surface area contributed by atoms with Gasteiger partial charge in [0.15, 0.2) is 0 Å². The number of rotatable bonds is 4. The first-order valence-corrected chi connectivity index (χ1v) is 6.86. The van der Waals surface area contributed by atoms with Crippen LogP contribution >= 0.6 is 0 Å². The number of hydrogen-bond acceptors (Lipinski definition) is 1. The number of para-hydroxylation sites is 1. The van der Waals surface area contributed by atoms with Gasteiger partial charge in [0, 0.05) is 6.42 Å². The Morgan fingerprint density at radius 2 is 1.79 bits per heavy atom. The summed E-state index contributed by atoms with van der Waals surface area (Å²) in [5.74, 6) is 1.01. The Kier molecular flexibility index (Phi) is 3.37. The van der Waals surface area contributed by atoms with Crippen LogP contribution in [0.5, 0.6) is 5.75 Å². The van der Waals surface area contributed by atoms with Crippen LogP contribution in [0.2, 0.25) is 0 Å². The molecule has 0 aliphatic heterocycles. The van der Waals surface area contributed by atoms with Crippen LogP contribution in [0.4, 0.5) is 0 Å². The highest BCUT2D eigenvalue weighted by molar-refractivity contribution is 5.75. The minimum Gasteiger partial charge on any atom is -0.494 e. The van der Waals surface area contributed by atoms with E-state index in [9.17, 15) is 0 Å². The van der Waals surface area contributed by atoms with Crippen LogP contribution in [-0.4, -0.2) is 6.61 Å². The first-order chi connectivity index (χ1) is 9.38. The summed E-state index contributed by atoms with van der Waals surface area (Å²) in [7, 11) is 0. The SMILES string of the molecule is CCOc1ccccc1CC1=CCc2ccccc21. The van der Waals surface area contributed by atoms with E-state index >= 15 is 0 Å². The van der Waals surface area contributed by atoms with E-state index in [1.54, 1.807) is 0 Å². The lowest BCUT2D eigenvalue weighted by Crippen LogP contribution is -1.97. The number of fused-ring (bicyclic) bond motifs is 1. The van der Waals surface area contributed by atoms with Crippen LogP contribution in [0.25, 0.3) is 5.57 Å². The number of allylic oxidation sites excluding steroid dienone is 2. The highest BCUT2D eigenvalue weighted by Gasteiger charge is 2.14. The zero-order chi connectivity index (χ0) is 13.1. The molecule has 0 spiro atoms. The van der Waals surface area contributed by atoms with Crippen molar-refractivity contribution in [2.75, 3.05) is 6.61 Å². The summed E-state index contributed by atoms with van der Waals surface area (Å²) in [5, 5.41) is 0. The molecule has 1 heteroatoms. The maximum atomic E-state index is 5.71. The van der Waals surface area contributed by atoms with Crippen molar-refractivity contribution in [2.45, 2.75) is 19.8 Å². The zero-order valence-corrected chi connectivity index (χ0v) is 11.2. The Bertz CT molecular complexity index is 611. The second-order valence-corrected chi connectivity index (χ2v) is 4.81. The molecule has 0 aromatic heterocycles. The van der Waals surface area contributed by atoms with Crippen LogP contribution < -0.4 is 4.74 Å². The topological polar surface area (TPSA) is 9.23 Å². The van der Waals surface area contributed by atoms with Gasteiger partial charge in [-0.3, -0.25) is 0 Å². The fraction of sp³-hybridized carbons (Fsp3) is 0.222. The van der Waals surface area contributed by atoms with Gasteiger partial charge in [-0.1, -0.05) is 48.5 Å². The lowest BCUT2D eigenvalue weighted by molar-refractivity contribution is 0.337. The van der Waals surface area contributed by atoms with Crippen molar-refractivity contribution in [3.05, 3.63) is 71.3 Å². The van der Waals surface area contributed by atoms with Crippen molar-refractivity contribution >= 4 is 5.57 Å². The first kappa shape index (κ1) is 12.0. The molecule has 0 atom stereocenters. The summed E-state index contributed by atoms with van der Waals surface area (Å²) in [6, 6.07) is 17.0. The van der Waals surface area contributed by atoms with Gasteiger partial charge >= 0.3 is 0 Å². The fourth-order valence-electron chi connectivity index (χ4n) is 2.67. The smallest absolute Gasteiger partial charge is 0.122 e. The van der Waals surface area contributed by atoms with E-state index in [0.717, 1.165) is 18.6 Å². The van der Waals surface area contributed by atoms with Crippen LogP contribution in [0.3, 0.4) is 0 Å². The molecule has 2 aromatic carbocycles. The van der Waals surface area contributed by atoms with Gasteiger partial charge in [0.2, 0.25) is 0 Å². The van der Waals surface area contributed by atoms with Crippen molar-refractivity contribution in [3.8, 4) is 5.75 Å². The summed E-state index contributed by atoms with van der Waals surface area (Å²) in [5.41, 5.74) is 5.52. The molecule has 0 saturated carbocycles. The summed E-state index contributed by atoms with van der Waals surface area (Å²) in [6.07, 6.45) is 4.35. The molecule has 0 unspecified atom stereocenters. The third kappa shape index (κ3) is 2.41. The summed E-state index contributed by atoms with van der Waals surface area (Å²) >= 11 is 0. The van der Waals surface area contributed by atoms with Gasteiger partial charge in [0.05, 0.1) is 6.61 Å². The molecule has 0 amide bonds. The quantitative estimate of drug-likeness (QED) is 0.787. The second-order valence-electron chi connectivity index (χ2n) is 4.81. The summed E-state index contributed by atoms with van der Waals surface area (Å²) in [6.45, 7) is 2.74. The van der Waals surface area contributed by atoms with Crippen LogP contribution in [0.15, 0.2) is 54.6 Å². The molecule has 1 nitrogen and oxygen atoms in total. The van der Waals surface area contributed by atoms with Gasteiger partial charge < -0.3 is 4.74 Å². The fourth-order valence-corrected chi connectivity index (χ4v) is 2.67. The van der Waals surface area contributed by atoms with Crippen molar-refractivity contribution < 1.29 is 4.74 Å². The highest BCUT2D eigenvalue weighted by atomic mass is 16.5. The van der Waals surface area contributed by atoms with Gasteiger partial charge in [0.25, 0.3) is 0 Å². The Hall–Kier alpha value is -2.02. The lowest BCUT2D eigenvalue weighted by atomic mass is 9.99.